The van der Waals surface area contributed by atoms with Gasteiger partial charge in [-0.05, 0) is 49.2 Å². The summed E-state index contributed by atoms with van der Waals surface area (Å²) in [5.41, 5.74) is 0.913. The van der Waals surface area contributed by atoms with Gasteiger partial charge in [-0.15, -0.1) is 0 Å². The minimum Gasteiger partial charge on any atom is -0.354 e. The Kier molecular flexibility index (Phi) is 10.7. The van der Waals surface area contributed by atoms with Crippen LogP contribution in [0.4, 0.5) is 5.69 Å². The van der Waals surface area contributed by atoms with Crippen molar-refractivity contribution in [2.45, 2.75) is 39.3 Å². The van der Waals surface area contributed by atoms with Crippen LogP contribution >= 0.6 is 39.1 Å². The highest BCUT2D eigenvalue weighted by molar-refractivity contribution is 9.10. The van der Waals surface area contributed by atoms with Gasteiger partial charge >= 0.3 is 0 Å². The largest absolute Gasteiger partial charge is 0.354 e. The fraction of sp³-hybridized carbons (Fsp3) is 0.391. The smallest absolute Gasteiger partial charge is 0.244 e. The Morgan fingerprint density at radius 3 is 2.44 bits per heavy atom. The summed E-state index contributed by atoms with van der Waals surface area (Å²) in [6.45, 7) is 3.72. The Balaban J connectivity index is 2.38. The van der Waals surface area contributed by atoms with Crippen LogP contribution in [0.15, 0.2) is 46.9 Å². The Labute approximate surface area is 219 Å². The zero-order chi connectivity index (χ0) is 25.5. The predicted molar refractivity (Wildman–Crippen MR) is 141 cm³/mol. The van der Waals surface area contributed by atoms with Crippen molar-refractivity contribution in [1.29, 1.82) is 0 Å². The van der Waals surface area contributed by atoms with E-state index in [1.807, 2.05) is 31.2 Å². The van der Waals surface area contributed by atoms with Crippen LogP contribution in [0.3, 0.4) is 0 Å². The molecule has 0 bridgehead atoms. The SMILES string of the molecule is CCCCNC(=O)[C@@H](C)N(Cc1cccc(Br)c1)C(=O)CN(c1ccc(Cl)cc1Cl)S(C)(=O)=O. The third-order valence-corrected chi connectivity index (χ3v) is 7.25. The van der Waals surface area contributed by atoms with Gasteiger partial charge in [-0.1, -0.05) is 64.6 Å². The lowest BCUT2D eigenvalue weighted by Gasteiger charge is -2.31. The number of halogens is 3. The molecule has 0 saturated heterocycles. The van der Waals surface area contributed by atoms with E-state index in [-0.39, 0.29) is 23.2 Å². The van der Waals surface area contributed by atoms with Gasteiger partial charge in [-0.2, -0.15) is 0 Å². The van der Waals surface area contributed by atoms with Crippen LogP contribution in [-0.2, 0) is 26.2 Å². The molecule has 2 rings (SSSR count). The van der Waals surface area contributed by atoms with E-state index in [9.17, 15) is 18.0 Å². The topological polar surface area (TPSA) is 86.8 Å². The molecule has 0 aliphatic carbocycles. The van der Waals surface area contributed by atoms with Crippen LogP contribution in [0.5, 0.6) is 0 Å². The van der Waals surface area contributed by atoms with Crippen molar-refractivity contribution in [2.75, 3.05) is 23.7 Å². The molecule has 0 unspecified atom stereocenters. The molecule has 11 heteroatoms. The molecule has 0 saturated carbocycles. The molecule has 0 heterocycles. The van der Waals surface area contributed by atoms with Gasteiger partial charge in [0.25, 0.3) is 0 Å². The van der Waals surface area contributed by atoms with Crippen LogP contribution in [0, 0.1) is 0 Å². The molecule has 0 radical (unpaired) electrons. The molecule has 0 spiro atoms. The summed E-state index contributed by atoms with van der Waals surface area (Å²) < 4.78 is 26.9. The van der Waals surface area contributed by atoms with E-state index in [1.54, 1.807) is 6.92 Å². The number of anilines is 1. The Morgan fingerprint density at radius 2 is 1.85 bits per heavy atom. The number of nitrogens with zero attached hydrogens (tertiary/aromatic N) is 2. The highest BCUT2D eigenvalue weighted by atomic mass is 79.9. The van der Waals surface area contributed by atoms with Gasteiger partial charge < -0.3 is 10.2 Å². The second-order valence-corrected chi connectivity index (χ2v) is 11.5. The van der Waals surface area contributed by atoms with Gasteiger partial charge in [-0.3, -0.25) is 13.9 Å². The van der Waals surface area contributed by atoms with Crippen molar-refractivity contribution in [1.82, 2.24) is 10.2 Å². The number of benzene rings is 2. The minimum absolute atomic E-state index is 0.0922. The number of hydrogen-bond donors (Lipinski definition) is 1. The van der Waals surface area contributed by atoms with Gasteiger partial charge in [0.05, 0.1) is 17.0 Å². The van der Waals surface area contributed by atoms with Crippen LogP contribution in [0.2, 0.25) is 10.0 Å². The van der Waals surface area contributed by atoms with Gasteiger partial charge in [0, 0.05) is 22.6 Å². The number of nitrogens with one attached hydrogen (secondary N) is 1. The second-order valence-electron chi connectivity index (χ2n) is 7.84. The molecular formula is C23H28BrCl2N3O4S. The van der Waals surface area contributed by atoms with Crippen LogP contribution < -0.4 is 9.62 Å². The predicted octanol–water partition coefficient (Wildman–Crippen LogP) is 4.86. The first kappa shape index (κ1) is 28.4. The molecule has 1 N–H and O–H groups in total. The third-order valence-electron chi connectivity index (χ3n) is 5.10. The summed E-state index contributed by atoms with van der Waals surface area (Å²) in [7, 11) is -3.87. The number of sulfonamides is 1. The molecule has 34 heavy (non-hydrogen) atoms. The summed E-state index contributed by atoms with van der Waals surface area (Å²) in [6.07, 6.45) is 2.72. The summed E-state index contributed by atoms with van der Waals surface area (Å²) in [6, 6.07) is 10.9. The number of hydrogen-bond acceptors (Lipinski definition) is 4. The van der Waals surface area contributed by atoms with Crippen LogP contribution in [0.25, 0.3) is 0 Å². The maximum absolute atomic E-state index is 13.5. The lowest BCUT2D eigenvalue weighted by atomic mass is 10.1. The average molecular weight is 593 g/mol. The van der Waals surface area contributed by atoms with E-state index in [4.69, 9.17) is 23.2 Å². The lowest BCUT2D eigenvalue weighted by Crippen LogP contribution is -2.51. The molecule has 1 atom stereocenters. The van der Waals surface area contributed by atoms with E-state index < -0.39 is 28.5 Å². The molecule has 0 aliphatic rings. The Morgan fingerprint density at radius 1 is 1.15 bits per heavy atom. The van der Waals surface area contributed by atoms with Crippen molar-refractivity contribution in [3.8, 4) is 0 Å². The molecule has 7 nitrogen and oxygen atoms in total. The normalized spacial score (nSPS) is 12.2. The molecular weight excluding hydrogens is 565 g/mol. The molecule has 2 aromatic carbocycles. The molecule has 2 aromatic rings. The minimum atomic E-state index is -3.87. The molecule has 2 amide bonds. The van der Waals surface area contributed by atoms with Gasteiger partial charge in [0.15, 0.2) is 0 Å². The van der Waals surface area contributed by atoms with Crippen molar-refractivity contribution >= 4 is 66.7 Å². The highest BCUT2D eigenvalue weighted by Crippen LogP contribution is 2.30. The van der Waals surface area contributed by atoms with Crippen molar-refractivity contribution < 1.29 is 18.0 Å². The zero-order valence-electron chi connectivity index (χ0n) is 19.2. The van der Waals surface area contributed by atoms with E-state index in [0.717, 1.165) is 33.4 Å². The van der Waals surface area contributed by atoms with Gasteiger partial charge in [0.1, 0.15) is 12.6 Å². The van der Waals surface area contributed by atoms with E-state index in [1.165, 1.54) is 23.1 Å². The van der Waals surface area contributed by atoms with Crippen LogP contribution in [0.1, 0.15) is 32.3 Å². The van der Waals surface area contributed by atoms with Gasteiger partial charge in [-0.25, -0.2) is 8.42 Å². The first-order chi connectivity index (χ1) is 15.9. The van der Waals surface area contributed by atoms with Crippen molar-refractivity contribution in [3.05, 3.63) is 62.5 Å². The molecule has 0 aliphatic heterocycles. The summed E-state index contributed by atoms with van der Waals surface area (Å²) in [5.74, 6) is -0.859. The Hall–Kier alpha value is -1.81. The third kappa shape index (κ3) is 8.15. The second kappa shape index (κ2) is 12.8. The van der Waals surface area contributed by atoms with E-state index in [2.05, 4.69) is 21.2 Å². The molecule has 0 aromatic heterocycles. The quantitative estimate of drug-likeness (QED) is 0.378. The zero-order valence-corrected chi connectivity index (χ0v) is 23.1. The monoisotopic (exact) mass is 591 g/mol. The van der Waals surface area contributed by atoms with E-state index in [0.29, 0.717) is 11.6 Å². The number of unbranched alkanes of at least 4 members (excludes halogenated alkanes) is 1. The number of amides is 2. The first-order valence-electron chi connectivity index (χ1n) is 10.7. The molecule has 0 fully saturated rings. The number of carbonyl (C=O) groups is 2. The van der Waals surface area contributed by atoms with Crippen molar-refractivity contribution in [2.24, 2.45) is 0 Å². The number of rotatable bonds is 11. The summed E-state index contributed by atoms with van der Waals surface area (Å²) in [5, 5.41) is 3.26. The van der Waals surface area contributed by atoms with Crippen LogP contribution in [-0.4, -0.2) is 50.5 Å². The summed E-state index contributed by atoms with van der Waals surface area (Å²) >= 11 is 15.6. The lowest BCUT2D eigenvalue weighted by molar-refractivity contribution is -0.139. The maximum Gasteiger partial charge on any atom is 0.244 e. The molecule has 186 valence electrons. The standard InChI is InChI=1S/C23H28BrCl2N3O4S/c1-4-5-11-27-23(31)16(2)28(14-17-7-6-8-18(24)12-17)22(30)15-29(34(3,32)33)21-10-9-19(25)13-20(21)26/h6-10,12-13,16H,4-5,11,14-15H2,1-3H3,(H,27,31)/t16-/m1/s1. The van der Waals surface area contributed by atoms with E-state index >= 15 is 0 Å². The first-order valence-corrected chi connectivity index (χ1v) is 14.1. The number of carbonyl (C=O) groups excluding carboxylic acids is 2. The van der Waals surface area contributed by atoms with Gasteiger partial charge in [0.2, 0.25) is 21.8 Å². The maximum atomic E-state index is 13.5. The summed E-state index contributed by atoms with van der Waals surface area (Å²) in [4.78, 5) is 27.6. The van der Waals surface area contributed by atoms with Crippen molar-refractivity contribution in [3.63, 3.8) is 0 Å². The average Bonchev–Trinajstić information content (AvgIpc) is 2.75. The fourth-order valence-electron chi connectivity index (χ4n) is 3.23. The fourth-order valence-corrected chi connectivity index (χ4v) is 5.10. The Bertz CT molecular complexity index is 1130. The highest BCUT2D eigenvalue weighted by Gasteiger charge is 2.30.